The minimum atomic E-state index is -0.963. The van der Waals surface area contributed by atoms with E-state index in [1.54, 1.807) is 18.2 Å². The standard InChI is InChI=1S/C18H20N2O6/c21-15(20-8-11-2-1-3-12(11)16(20)18(23)24)7-19-17(22)10-4-5-13-14(6-10)26-9-25-13/h4-6,11-12,16H,1-3,7-9H2,(H,19,22)(H,23,24). The topological polar surface area (TPSA) is 105 Å². The number of likely N-dealkylation sites (tertiary alicyclic amines) is 1. The quantitative estimate of drug-likeness (QED) is 0.825. The van der Waals surface area contributed by atoms with Gasteiger partial charge < -0.3 is 24.8 Å². The van der Waals surface area contributed by atoms with Crippen LogP contribution >= 0.6 is 0 Å². The number of rotatable bonds is 4. The maximum absolute atomic E-state index is 12.5. The fraction of sp³-hybridized carbons (Fsp3) is 0.500. The molecule has 3 aliphatic rings. The molecule has 0 spiro atoms. The minimum absolute atomic E-state index is 0.0287. The second kappa shape index (κ2) is 6.51. The smallest absolute Gasteiger partial charge is 0.326 e. The highest BCUT2D eigenvalue weighted by Crippen LogP contribution is 2.42. The average Bonchev–Trinajstić information content (AvgIpc) is 3.32. The van der Waals surface area contributed by atoms with Crippen LogP contribution in [0.2, 0.25) is 0 Å². The lowest BCUT2D eigenvalue weighted by Crippen LogP contribution is -2.47. The maximum Gasteiger partial charge on any atom is 0.326 e. The molecule has 138 valence electrons. The number of hydrogen-bond donors (Lipinski definition) is 2. The summed E-state index contributed by atoms with van der Waals surface area (Å²) in [7, 11) is 0. The Morgan fingerprint density at radius 3 is 2.81 bits per heavy atom. The van der Waals surface area contributed by atoms with Gasteiger partial charge in [0.15, 0.2) is 11.5 Å². The molecule has 2 amide bonds. The fourth-order valence-electron chi connectivity index (χ4n) is 4.28. The number of ether oxygens (including phenoxy) is 2. The van der Waals surface area contributed by atoms with Gasteiger partial charge in [0, 0.05) is 12.1 Å². The highest BCUT2D eigenvalue weighted by molar-refractivity contribution is 5.97. The number of carboxylic acid groups (broad SMARTS) is 1. The first-order chi connectivity index (χ1) is 12.5. The van der Waals surface area contributed by atoms with Crippen molar-refractivity contribution in [3.8, 4) is 11.5 Å². The minimum Gasteiger partial charge on any atom is -0.480 e. The van der Waals surface area contributed by atoms with E-state index in [2.05, 4.69) is 5.32 Å². The Bertz CT molecular complexity index is 764. The molecule has 2 aliphatic heterocycles. The van der Waals surface area contributed by atoms with Crippen LogP contribution in [0.3, 0.4) is 0 Å². The van der Waals surface area contributed by atoms with Crippen LogP contribution in [0.25, 0.3) is 0 Å². The molecule has 1 aromatic rings. The molecule has 2 N–H and O–H groups in total. The summed E-state index contributed by atoms with van der Waals surface area (Å²) in [5.41, 5.74) is 0.357. The number of nitrogens with one attached hydrogen (secondary N) is 1. The molecule has 2 fully saturated rings. The van der Waals surface area contributed by atoms with Crippen molar-refractivity contribution in [1.29, 1.82) is 0 Å². The van der Waals surface area contributed by atoms with Crippen molar-refractivity contribution in [1.82, 2.24) is 10.2 Å². The van der Waals surface area contributed by atoms with Crippen LogP contribution < -0.4 is 14.8 Å². The molecule has 3 atom stereocenters. The number of benzene rings is 1. The van der Waals surface area contributed by atoms with E-state index in [-0.39, 0.29) is 31.1 Å². The van der Waals surface area contributed by atoms with Crippen LogP contribution in [-0.2, 0) is 9.59 Å². The third-order valence-electron chi connectivity index (χ3n) is 5.50. The Hall–Kier alpha value is -2.77. The van der Waals surface area contributed by atoms with Crippen molar-refractivity contribution < 1.29 is 29.0 Å². The summed E-state index contributed by atoms with van der Waals surface area (Å²) in [5.74, 6) is -0.392. The molecule has 0 bridgehead atoms. The van der Waals surface area contributed by atoms with Gasteiger partial charge in [0.1, 0.15) is 6.04 Å². The van der Waals surface area contributed by atoms with Gasteiger partial charge in [-0.3, -0.25) is 9.59 Å². The number of carbonyl (C=O) groups excluding carboxylic acids is 2. The number of hydrogen-bond acceptors (Lipinski definition) is 5. The number of carboxylic acids is 1. The molecule has 1 saturated heterocycles. The van der Waals surface area contributed by atoms with Gasteiger partial charge in [-0.15, -0.1) is 0 Å². The van der Waals surface area contributed by atoms with Gasteiger partial charge in [0.05, 0.1) is 6.54 Å². The first-order valence-electron chi connectivity index (χ1n) is 8.74. The third kappa shape index (κ3) is 2.85. The predicted molar refractivity (Wildman–Crippen MR) is 88.9 cm³/mol. The Morgan fingerprint density at radius 2 is 2.00 bits per heavy atom. The van der Waals surface area contributed by atoms with Crippen molar-refractivity contribution >= 4 is 17.8 Å². The van der Waals surface area contributed by atoms with Crippen LogP contribution in [0.4, 0.5) is 0 Å². The van der Waals surface area contributed by atoms with E-state index in [4.69, 9.17) is 9.47 Å². The van der Waals surface area contributed by atoms with Crippen LogP contribution in [0.5, 0.6) is 11.5 Å². The van der Waals surface area contributed by atoms with Crippen molar-refractivity contribution in [3.63, 3.8) is 0 Å². The van der Waals surface area contributed by atoms with Gasteiger partial charge in [0.25, 0.3) is 5.91 Å². The Morgan fingerprint density at radius 1 is 1.19 bits per heavy atom. The van der Waals surface area contributed by atoms with Gasteiger partial charge in [0.2, 0.25) is 12.7 Å². The first-order valence-corrected chi connectivity index (χ1v) is 8.74. The molecule has 1 aromatic carbocycles. The van der Waals surface area contributed by atoms with Gasteiger partial charge in [-0.2, -0.15) is 0 Å². The van der Waals surface area contributed by atoms with Gasteiger partial charge in [-0.25, -0.2) is 4.79 Å². The number of fused-ring (bicyclic) bond motifs is 2. The second-order valence-electron chi connectivity index (χ2n) is 6.93. The lowest BCUT2D eigenvalue weighted by Gasteiger charge is -2.24. The highest BCUT2D eigenvalue weighted by atomic mass is 16.7. The van der Waals surface area contributed by atoms with Crippen molar-refractivity contribution in [3.05, 3.63) is 23.8 Å². The zero-order chi connectivity index (χ0) is 18.3. The molecular formula is C18H20N2O6. The van der Waals surface area contributed by atoms with E-state index < -0.39 is 17.9 Å². The van der Waals surface area contributed by atoms with E-state index in [1.807, 2.05) is 0 Å². The molecular weight excluding hydrogens is 340 g/mol. The molecule has 2 heterocycles. The molecule has 8 nitrogen and oxygen atoms in total. The lowest BCUT2D eigenvalue weighted by atomic mass is 9.94. The maximum atomic E-state index is 12.5. The fourth-order valence-corrected chi connectivity index (χ4v) is 4.28. The molecule has 1 aliphatic carbocycles. The molecule has 0 aromatic heterocycles. The normalized spacial score (nSPS) is 25.8. The SMILES string of the molecule is O=C(NCC(=O)N1CC2CCCC2C1C(=O)O)c1ccc2c(c1)OCO2. The molecule has 3 unspecified atom stereocenters. The van der Waals surface area contributed by atoms with Crippen LogP contribution in [0, 0.1) is 11.8 Å². The summed E-state index contributed by atoms with van der Waals surface area (Å²) in [6.07, 6.45) is 2.82. The summed E-state index contributed by atoms with van der Waals surface area (Å²) in [4.78, 5) is 37.8. The predicted octanol–water partition coefficient (Wildman–Crippen LogP) is 0.857. The van der Waals surface area contributed by atoms with Gasteiger partial charge >= 0.3 is 5.97 Å². The van der Waals surface area contributed by atoms with Crippen LogP contribution in [0.15, 0.2) is 18.2 Å². The molecule has 8 heteroatoms. The number of aliphatic carboxylic acids is 1. The highest BCUT2D eigenvalue weighted by Gasteiger charge is 2.49. The lowest BCUT2D eigenvalue weighted by molar-refractivity contribution is -0.149. The van der Waals surface area contributed by atoms with E-state index in [0.29, 0.717) is 23.6 Å². The summed E-state index contributed by atoms with van der Waals surface area (Å²) >= 11 is 0. The van der Waals surface area contributed by atoms with Crippen molar-refractivity contribution in [2.24, 2.45) is 11.8 Å². The number of nitrogens with zero attached hydrogens (tertiary/aromatic N) is 1. The number of amides is 2. The zero-order valence-corrected chi connectivity index (χ0v) is 14.1. The Labute approximate surface area is 150 Å². The third-order valence-corrected chi connectivity index (χ3v) is 5.50. The second-order valence-corrected chi connectivity index (χ2v) is 6.93. The Balaban J connectivity index is 1.39. The number of carbonyl (C=O) groups is 3. The molecule has 4 rings (SSSR count). The molecule has 26 heavy (non-hydrogen) atoms. The largest absolute Gasteiger partial charge is 0.480 e. The van der Waals surface area contributed by atoms with Crippen molar-refractivity contribution in [2.75, 3.05) is 19.9 Å². The van der Waals surface area contributed by atoms with Gasteiger partial charge in [-0.1, -0.05) is 6.42 Å². The summed E-state index contributed by atoms with van der Waals surface area (Å²) in [6.45, 7) is 0.351. The van der Waals surface area contributed by atoms with E-state index in [1.165, 1.54) is 4.90 Å². The monoisotopic (exact) mass is 360 g/mol. The average molecular weight is 360 g/mol. The van der Waals surface area contributed by atoms with E-state index in [9.17, 15) is 19.5 Å². The summed E-state index contributed by atoms with van der Waals surface area (Å²) in [5, 5.41) is 12.1. The van der Waals surface area contributed by atoms with Gasteiger partial charge in [-0.05, 0) is 42.9 Å². The molecule has 0 radical (unpaired) electrons. The Kier molecular flexibility index (Phi) is 4.18. The first kappa shape index (κ1) is 16.7. The summed E-state index contributed by atoms with van der Waals surface area (Å²) < 4.78 is 10.4. The molecule has 1 saturated carbocycles. The van der Waals surface area contributed by atoms with Crippen molar-refractivity contribution in [2.45, 2.75) is 25.3 Å². The van der Waals surface area contributed by atoms with Crippen LogP contribution in [0.1, 0.15) is 29.6 Å². The summed E-state index contributed by atoms with van der Waals surface area (Å²) in [6, 6.07) is 4.01. The zero-order valence-electron chi connectivity index (χ0n) is 14.1. The van der Waals surface area contributed by atoms with E-state index in [0.717, 1.165) is 19.3 Å². The van der Waals surface area contributed by atoms with Crippen LogP contribution in [-0.4, -0.2) is 53.7 Å². The van der Waals surface area contributed by atoms with E-state index >= 15 is 0 Å².